The van der Waals surface area contributed by atoms with Crippen LogP contribution in [0.5, 0.6) is 23.0 Å². The first-order chi connectivity index (χ1) is 14.6. The molecule has 2 aliphatic rings. The first kappa shape index (κ1) is 18.4. The number of nitrogens with zero attached hydrogens (tertiary/aromatic N) is 2. The maximum Gasteiger partial charge on any atom is 0.231 e. The maximum atomic E-state index is 12.6. The fourth-order valence-corrected chi connectivity index (χ4v) is 4.09. The van der Waals surface area contributed by atoms with E-state index >= 15 is 0 Å². The zero-order chi connectivity index (χ0) is 20.8. The number of nitrogens with one attached hydrogen (secondary N) is 1. The number of amides is 1. The predicted molar refractivity (Wildman–Crippen MR) is 109 cm³/mol. The molecule has 0 radical (unpaired) electrons. The number of hydrogen-bond donors (Lipinski definition) is 1. The molecule has 3 heterocycles. The summed E-state index contributed by atoms with van der Waals surface area (Å²) in [6, 6.07) is 11.4. The van der Waals surface area contributed by atoms with Gasteiger partial charge in [-0.1, -0.05) is 0 Å². The van der Waals surface area contributed by atoms with Crippen LogP contribution < -0.4 is 24.3 Å². The van der Waals surface area contributed by atoms with Crippen LogP contribution in [0.1, 0.15) is 29.2 Å². The first-order valence-electron chi connectivity index (χ1n) is 9.60. The van der Waals surface area contributed by atoms with Crippen LogP contribution in [0.4, 0.5) is 5.82 Å². The molecular weight excluding hydrogens is 386 g/mol. The van der Waals surface area contributed by atoms with Gasteiger partial charge in [0, 0.05) is 17.9 Å². The largest absolute Gasteiger partial charge is 0.497 e. The lowest BCUT2D eigenvalue weighted by Gasteiger charge is -2.25. The number of anilines is 1. The highest BCUT2D eigenvalue weighted by Crippen LogP contribution is 2.47. The number of benzene rings is 2. The summed E-state index contributed by atoms with van der Waals surface area (Å²) in [5.74, 6) is 2.99. The minimum absolute atomic E-state index is 0.0706. The molecule has 5 rings (SSSR count). The molecule has 154 valence electrons. The van der Waals surface area contributed by atoms with E-state index in [0.29, 0.717) is 29.5 Å². The zero-order valence-corrected chi connectivity index (χ0v) is 16.9. The van der Waals surface area contributed by atoms with Gasteiger partial charge < -0.3 is 24.3 Å². The summed E-state index contributed by atoms with van der Waals surface area (Å²) in [7, 11) is 3.21. The minimum Gasteiger partial charge on any atom is -0.497 e. The van der Waals surface area contributed by atoms with E-state index < -0.39 is 0 Å². The van der Waals surface area contributed by atoms with E-state index in [1.165, 1.54) is 0 Å². The molecule has 0 aliphatic carbocycles. The van der Waals surface area contributed by atoms with Crippen molar-refractivity contribution in [1.29, 1.82) is 0 Å². The van der Waals surface area contributed by atoms with Gasteiger partial charge in [-0.15, -0.1) is 0 Å². The lowest BCUT2D eigenvalue weighted by atomic mass is 9.85. The number of carbonyl (C=O) groups excluding carboxylic acids is 1. The second-order valence-corrected chi connectivity index (χ2v) is 7.22. The van der Waals surface area contributed by atoms with E-state index in [4.69, 9.17) is 24.0 Å². The number of aromatic nitrogens is 2. The summed E-state index contributed by atoms with van der Waals surface area (Å²) < 4.78 is 23.6. The predicted octanol–water partition coefficient (Wildman–Crippen LogP) is 3.40. The molecule has 0 bridgehead atoms. The molecule has 3 aromatic rings. The first-order valence-corrected chi connectivity index (χ1v) is 9.60. The van der Waals surface area contributed by atoms with Crippen LogP contribution >= 0.6 is 0 Å². The topological polar surface area (TPSA) is 83.8 Å². The van der Waals surface area contributed by atoms with Crippen LogP contribution in [-0.4, -0.2) is 36.7 Å². The summed E-state index contributed by atoms with van der Waals surface area (Å²) >= 11 is 0. The van der Waals surface area contributed by atoms with Crippen LogP contribution in [0.25, 0.3) is 5.69 Å². The fraction of sp³-hybridized carbons (Fsp3) is 0.273. The molecule has 0 spiro atoms. The van der Waals surface area contributed by atoms with Crippen LogP contribution in [0.2, 0.25) is 0 Å². The van der Waals surface area contributed by atoms with Crippen molar-refractivity contribution in [3.8, 4) is 28.7 Å². The Hall–Kier alpha value is -3.68. The van der Waals surface area contributed by atoms with Crippen molar-refractivity contribution >= 4 is 11.7 Å². The molecular formula is C22H21N3O5. The number of hydrogen-bond acceptors (Lipinski definition) is 6. The summed E-state index contributed by atoms with van der Waals surface area (Å²) in [5, 5.41) is 7.72. The number of aryl methyl sites for hydroxylation is 1. The average molecular weight is 407 g/mol. The molecule has 8 nitrogen and oxygen atoms in total. The zero-order valence-electron chi connectivity index (χ0n) is 16.9. The van der Waals surface area contributed by atoms with Crippen LogP contribution in [0.3, 0.4) is 0 Å². The summed E-state index contributed by atoms with van der Waals surface area (Å²) in [4.78, 5) is 12.6. The van der Waals surface area contributed by atoms with Gasteiger partial charge in [0.05, 0.1) is 25.6 Å². The maximum absolute atomic E-state index is 12.6. The van der Waals surface area contributed by atoms with Gasteiger partial charge in [0.2, 0.25) is 18.4 Å². The molecule has 2 aromatic carbocycles. The van der Waals surface area contributed by atoms with Crippen molar-refractivity contribution < 1.29 is 23.7 Å². The molecule has 1 atom stereocenters. The summed E-state index contributed by atoms with van der Waals surface area (Å²) in [5.41, 5.74) is 3.59. The van der Waals surface area contributed by atoms with E-state index in [1.807, 2.05) is 43.3 Å². The number of rotatable bonds is 4. The number of ether oxygens (including phenoxy) is 4. The van der Waals surface area contributed by atoms with Gasteiger partial charge in [0.1, 0.15) is 11.6 Å². The Balaban J connectivity index is 1.63. The Morgan fingerprint density at radius 1 is 1.13 bits per heavy atom. The molecule has 1 N–H and O–H groups in total. The van der Waals surface area contributed by atoms with E-state index in [9.17, 15) is 4.79 Å². The Morgan fingerprint density at radius 3 is 2.67 bits per heavy atom. The van der Waals surface area contributed by atoms with Crippen LogP contribution in [-0.2, 0) is 4.79 Å². The van der Waals surface area contributed by atoms with E-state index in [2.05, 4.69) is 5.32 Å². The molecule has 1 aromatic heterocycles. The SMILES string of the molecule is COc1ccc(-n2nc(C)c3c2NC(=O)CC3c2cc(OC)c3c(c2)OCO3)cc1. The van der Waals surface area contributed by atoms with Crippen molar-refractivity contribution in [1.82, 2.24) is 9.78 Å². The lowest BCUT2D eigenvalue weighted by molar-refractivity contribution is -0.116. The van der Waals surface area contributed by atoms with Gasteiger partial charge >= 0.3 is 0 Å². The van der Waals surface area contributed by atoms with Gasteiger partial charge in [-0.25, -0.2) is 4.68 Å². The van der Waals surface area contributed by atoms with Crippen molar-refractivity contribution in [2.45, 2.75) is 19.3 Å². The average Bonchev–Trinajstić information content (AvgIpc) is 3.37. The molecule has 0 saturated heterocycles. The van der Waals surface area contributed by atoms with Crippen molar-refractivity contribution in [2.75, 3.05) is 26.3 Å². The fourth-order valence-electron chi connectivity index (χ4n) is 4.09. The molecule has 2 aliphatic heterocycles. The van der Waals surface area contributed by atoms with Crippen molar-refractivity contribution in [3.63, 3.8) is 0 Å². The number of fused-ring (bicyclic) bond motifs is 2. The normalized spacial score (nSPS) is 16.8. The second-order valence-electron chi connectivity index (χ2n) is 7.22. The summed E-state index contributed by atoms with van der Waals surface area (Å²) in [6.07, 6.45) is 0.310. The Bertz CT molecular complexity index is 1140. The molecule has 0 fully saturated rings. The third-order valence-electron chi connectivity index (χ3n) is 5.50. The summed E-state index contributed by atoms with van der Waals surface area (Å²) in [6.45, 7) is 2.10. The van der Waals surface area contributed by atoms with E-state index in [-0.39, 0.29) is 18.6 Å². The molecule has 30 heavy (non-hydrogen) atoms. The third-order valence-corrected chi connectivity index (χ3v) is 5.50. The number of carbonyl (C=O) groups is 1. The van der Waals surface area contributed by atoms with Gasteiger partial charge in [-0.3, -0.25) is 4.79 Å². The Morgan fingerprint density at radius 2 is 1.93 bits per heavy atom. The van der Waals surface area contributed by atoms with Crippen LogP contribution in [0.15, 0.2) is 36.4 Å². The number of methoxy groups -OCH3 is 2. The van der Waals surface area contributed by atoms with Gasteiger partial charge in [-0.05, 0) is 48.9 Å². The highest BCUT2D eigenvalue weighted by molar-refractivity contribution is 5.95. The van der Waals surface area contributed by atoms with Gasteiger partial charge in [0.15, 0.2) is 11.5 Å². The van der Waals surface area contributed by atoms with Gasteiger partial charge in [-0.2, -0.15) is 5.10 Å². The molecule has 0 saturated carbocycles. The molecule has 8 heteroatoms. The third kappa shape index (κ3) is 2.83. The standard InChI is InChI=1S/C22H21N3O5/c1-12-20-16(13-8-17(28-3)21-18(9-13)29-11-30-21)10-19(26)23-22(20)25(24-12)14-4-6-15(27-2)7-5-14/h4-9,16H,10-11H2,1-3H3,(H,23,26). The Labute approximate surface area is 173 Å². The molecule has 1 amide bonds. The molecule has 1 unspecified atom stereocenters. The monoisotopic (exact) mass is 407 g/mol. The quantitative estimate of drug-likeness (QED) is 0.714. The smallest absolute Gasteiger partial charge is 0.231 e. The van der Waals surface area contributed by atoms with Crippen molar-refractivity contribution in [3.05, 3.63) is 53.2 Å². The second kappa shape index (κ2) is 6.98. The lowest BCUT2D eigenvalue weighted by Crippen LogP contribution is -2.25. The highest BCUT2D eigenvalue weighted by atomic mass is 16.7. The van der Waals surface area contributed by atoms with Crippen LogP contribution in [0, 0.1) is 6.92 Å². The van der Waals surface area contributed by atoms with Crippen molar-refractivity contribution in [2.24, 2.45) is 0 Å². The van der Waals surface area contributed by atoms with Gasteiger partial charge in [0.25, 0.3) is 0 Å². The van der Waals surface area contributed by atoms with E-state index in [1.54, 1.807) is 18.9 Å². The Kier molecular flexibility index (Phi) is 4.27. The minimum atomic E-state index is -0.177. The van der Waals surface area contributed by atoms with E-state index in [0.717, 1.165) is 28.3 Å². The highest BCUT2D eigenvalue weighted by Gasteiger charge is 2.34.